The standard InChI is InChI=1S/C26H36F2O4/c27-26(28,16-18-32-17-8-6-11-21-9-3-1-4-10-21)15-7-2-5-12-24(30)22-13-14-25(31)23(19-22)20-29/h1,3-4,9-10,13-14,19,24,29-31H,2,5-8,11-12,15-18,20H2. The van der Waals surface area contributed by atoms with E-state index in [-0.39, 0.29) is 31.8 Å². The van der Waals surface area contributed by atoms with Crippen LogP contribution < -0.4 is 0 Å². The van der Waals surface area contributed by atoms with Gasteiger partial charge in [-0.3, -0.25) is 0 Å². The van der Waals surface area contributed by atoms with Crippen molar-refractivity contribution in [2.75, 3.05) is 13.2 Å². The van der Waals surface area contributed by atoms with Crippen molar-refractivity contribution >= 4 is 0 Å². The molecule has 1 atom stereocenters. The largest absolute Gasteiger partial charge is 0.508 e. The summed E-state index contributed by atoms with van der Waals surface area (Å²) in [6, 6.07) is 14.8. The van der Waals surface area contributed by atoms with Crippen LogP contribution in [-0.2, 0) is 17.8 Å². The number of ether oxygens (including phenoxy) is 1. The number of rotatable bonds is 16. The van der Waals surface area contributed by atoms with E-state index >= 15 is 0 Å². The van der Waals surface area contributed by atoms with Gasteiger partial charge < -0.3 is 20.1 Å². The number of aryl methyl sites for hydroxylation is 1. The summed E-state index contributed by atoms with van der Waals surface area (Å²) < 4.78 is 33.4. The van der Waals surface area contributed by atoms with Gasteiger partial charge in [0.2, 0.25) is 5.92 Å². The summed E-state index contributed by atoms with van der Waals surface area (Å²) in [4.78, 5) is 0. The number of phenols is 1. The molecule has 0 radical (unpaired) electrons. The summed E-state index contributed by atoms with van der Waals surface area (Å²) in [5.41, 5.74) is 2.25. The molecule has 4 nitrogen and oxygen atoms in total. The molecule has 6 heteroatoms. The lowest BCUT2D eigenvalue weighted by molar-refractivity contribution is -0.0418. The minimum Gasteiger partial charge on any atom is -0.508 e. The Morgan fingerprint density at radius 2 is 1.66 bits per heavy atom. The smallest absolute Gasteiger partial charge is 0.250 e. The van der Waals surface area contributed by atoms with Gasteiger partial charge in [-0.05, 0) is 55.4 Å². The Morgan fingerprint density at radius 1 is 0.875 bits per heavy atom. The fraction of sp³-hybridized carbons (Fsp3) is 0.538. The lowest BCUT2D eigenvalue weighted by Crippen LogP contribution is -2.19. The second kappa shape index (κ2) is 14.2. The van der Waals surface area contributed by atoms with Crippen LogP contribution >= 0.6 is 0 Å². The molecule has 0 aliphatic carbocycles. The number of aliphatic hydroxyl groups is 2. The molecule has 0 saturated carbocycles. The van der Waals surface area contributed by atoms with Crippen molar-refractivity contribution in [2.45, 2.75) is 76.4 Å². The normalized spacial score (nSPS) is 12.8. The molecular formula is C26H36F2O4. The van der Waals surface area contributed by atoms with Crippen molar-refractivity contribution in [1.82, 2.24) is 0 Å². The van der Waals surface area contributed by atoms with Crippen LogP contribution in [0.25, 0.3) is 0 Å². The SMILES string of the molecule is OCc1cc(C(O)CCCCCC(F)(F)CCOCCCCc2ccccc2)ccc1O. The van der Waals surface area contributed by atoms with Gasteiger partial charge in [0.15, 0.2) is 0 Å². The molecule has 0 aliphatic heterocycles. The Balaban J connectivity index is 1.50. The molecule has 2 aromatic rings. The van der Waals surface area contributed by atoms with Gasteiger partial charge in [0.05, 0.1) is 19.3 Å². The summed E-state index contributed by atoms with van der Waals surface area (Å²) in [5.74, 6) is -2.74. The number of unbranched alkanes of at least 4 members (excludes halogenated alkanes) is 3. The second-order valence-electron chi connectivity index (χ2n) is 8.32. The third kappa shape index (κ3) is 10.1. The number of aromatic hydroxyl groups is 1. The molecule has 2 aromatic carbocycles. The van der Waals surface area contributed by atoms with Crippen LogP contribution in [0.4, 0.5) is 8.78 Å². The number of alkyl halides is 2. The van der Waals surface area contributed by atoms with Crippen molar-refractivity contribution in [2.24, 2.45) is 0 Å². The van der Waals surface area contributed by atoms with E-state index in [0.717, 1.165) is 19.3 Å². The third-order valence-corrected chi connectivity index (χ3v) is 5.64. The van der Waals surface area contributed by atoms with Gasteiger partial charge in [-0.2, -0.15) is 0 Å². The summed E-state index contributed by atoms with van der Waals surface area (Å²) in [6.07, 6.45) is 3.74. The molecule has 178 valence electrons. The lowest BCUT2D eigenvalue weighted by atomic mass is 9.99. The number of halogens is 2. The van der Waals surface area contributed by atoms with Crippen LogP contribution in [-0.4, -0.2) is 34.5 Å². The van der Waals surface area contributed by atoms with Crippen molar-refractivity contribution < 1.29 is 28.8 Å². The molecule has 0 saturated heterocycles. The molecule has 1 unspecified atom stereocenters. The molecular weight excluding hydrogens is 414 g/mol. The summed E-state index contributed by atoms with van der Waals surface area (Å²) in [6.45, 7) is 0.278. The highest BCUT2D eigenvalue weighted by atomic mass is 19.3. The first kappa shape index (κ1) is 26.2. The predicted molar refractivity (Wildman–Crippen MR) is 122 cm³/mol. The van der Waals surface area contributed by atoms with Gasteiger partial charge in [0.1, 0.15) is 5.75 Å². The van der Waals surface area contributed by atoms with Crippen LogP contribution in [0, 0.1) is 0 Å². The Bertz CT molecular complexity index is 768. The molecule has 0 heterocycles. The van der Waals surface area contributed by atoms with Gasteiger partial charge in [0, 0.05) is 25.0 Å². The van der Waals surface area contributed by atoms with Crippen LogP contribution in [0.3, 0.4) is 0 Å². The summed E-state index contributed by atoms with van der Waals surface area (Å²) in [7, 11) is 0. The van der Waals surface area contributed by atoms with E-state index in [1.54, 1.807) is 12.1 Å². The van der Waals surface area contributed by atoms with E-state index in [0.29, 0.717) is 43.4 Å². The zero-order chi connectivity index (χ0) is 23.2. The van der Waals surface area contributed by atoms with Crippen LogP contribution in [0.5, 0.6) is 5.75 Å². The van der Waals surface area contributed by atoms with E-state index < -0.39 is 12.0 Å². The van der Waals surface area contributed by atoms with Crippen LogP contribution in [0.2, 0.25) is 0 Å². The molecule has 32 heavy (non-hydrogen) atoms. The molecule has 0 amide bonds. The second-order valence-corrected chi connectivity index (χ2v) is 8.32. The number of benzene rings is 2. The molecule has 0 aliphatic rings. The van der Waals surface area contributed by atoms with E-state index in [4.69, 9.17) is 4.74 Å². The number of aliphatic hydroxyl groups excluding tert-OH is 2. The van der Waals surface area contributed by atoms with Gasteiger partial charge in [-0.25, -0.2) is 8.78 Å². The Labute approximate surface area is 189 Å². The maximum absolute atomic E-state index is 14.0. The van der Waals surface area contributed by atoms with Crippen molar-refractivity contribution in [1.29, 1.82) is 0 Å². The molecule has 2 rings (SSSR count). The van der Waals surface area contributed by atoms with Crippen molar-refractivity contribution in [3.63, 3.8) is 0 Å². The first-order chi connectivity index (χ1) is 15.4. The average Bonchev–Trinajstić information content (AvgIpc) is 2.79. The Kier molecular flexibility index (Phi) is 11.6. The van der Waals surface area contributed by atoms with Crippen molar-refractivity contribution in [3.8, 4) is 5.75 Å². The molecule has 0 aromatic heterocycles. The maximum Gasteiger partial charge on any atom is 0.250 e. The minimum atomic E-state index is -2.73. The fourth-order valence-corrected chi connectivity index (χ4v) is 3.63. The van der Waals surface area contributed by atoms with E-state index in [2.05, 4.69) is 12.1 Å². The minimum absolute atomic E-state index is 0.0122. The topological polar surface area (TPSA) is 69.9 Å². The van der Waals surface area contributed by atoms with Gasteiger partial charge in [-0.15, -0.1) is 0 Å². The molecule has 0 spiro atoms. The highest BCUT2D eigenvalue weighted by Gasteiger charge is 2.27. The number of hydrogen-bond acceptors (Lipinski definition) is 4. The van der Waals surface area contributed by atoms with Crippen LogP contribution in [0.1, 0.15) is 74.2 Å². The summed E-state index contributed by atoms with van der Waals surface area (Å²) in [5, 5.41) is 29.0. The highest BCUT2D eigenvalue weighted by Crippen LogP contribution is 2.28. The van der Waals surface area contributed by atoms with E-state index in [1.165, 1.54) is 11.6 Å². The lowest BCUT2D eigenvalue weighted by Gasteiger charge is -2.17. The Hall–Kier alpha value is -2.02. The quantitative estimate of drug-likeness (QED) is 0.277. The highest BCUT2D eigenvalue weighted by molar-refractivity contribution is 5.36. The fourth-order valence-electron chi connectivity index (χ4n) is 3.63. The monoisotopic (exact) mass is 450 g/mol. The van der Waals surface area contributed by atoms with Gasteiger partial charge in [0.25, 0.3) is 0 Å². The third-order valence-electron chi connectivity index (χ3n) is 5.64. The molecule has 3 N–H and O–H groups in total. The molecule has 0 fully saturated rings. The first-order valence-electron chi connectivity index (χ1n) is 11.5. The summed E-state index contributed by atoms with van der Waals surface area (Å²) >= 11 is 0. The van der Waals surface area contributed by atoms with E-state index in [1.807, 2.05) is 18.2 Å². The van der Waals surface area contributed by atoms with Crippen molar-refractivity contribution in [3.05, 3.63) is 65.2 Å². The molecule has 0 bridgehead atoms. The van der Waals surface area contributed by atoms with Crippen LogP contribution in [0.15, 0.2) is 48.5 Å². The van der Waals surface area contributed by atoms with E-state index in [9.17, 15) is 24.1 Å². The average molecular weight is 451 g/mol. The van der Waals surface area contributed by atoms with Gasteiger partial charge in [-0.1, -0.05) is 49.2 Å². The number of hydrogen-bond donors (Lipinski definition) is 3. The maximum atomic E-state index is 14.0. The Morgan fingerprint density at radius 3 is 2.41 bits per heavy atom. The zero-order valence-electron chi connectivity index (χ0n) is 18.7. The first-order valence-corrected chi connectivity index (χ1v) is 11.5. The zero-order valence-corrected chi connectivity index (χ0v) is 18.7. The predicted octanol–water partition coefficient (Wildman–Crippen LogP) is 5.93. The van der Waals surface area contributed by atoms with Gasteiger partial charge >= 0.3 is 0 Å².